The fourth-order valence-corrected chi connectivity index (χ4v) is 1.81. The summed E-state index contributed by atoms with van der Waals surface area (Å²) in [6.45, 7) is 2.80. The van der Waals surface area contributed by atoms with Crippen LogP contribution in [0.2, 0.25) is 0 Å². The van der Waals surface area contributed by atoms with E-state index in [0.29, 0.717) is 12.6 Å². The van der Waals surface area contributed by atoms with E-state index in [0.717, 1.165) is 0 Å². The van der Waals surface area contributed by atoms with Gasteiger partial charge in [0.2, 0.25) is 0 Å². The maximum absolute atomic E-state index is 5.68. The number of nitrogens with zero attached hydrogens (tertiary/aromatic N) is 1. The van der Waals surface area contributed by atoms with Gasteiger partial charge in [-0.25, -0.2) is 0 Å². The van der Waals surface area contributed by atoms with Gasteiger partial charge in [-0.3, -0.25) is 0 Å². The molecule has 1 unspecified atom stereocenters. The molecular weight excluding hydrogens is 196 g/mol. The van der Waals surface area contributed by atoms with Crippen LogP contribution in [-0.4, -0.2) is 19.6 Å². The van der Waals surface area contributed by atoms with Gasteiger partial charge < -0.3 is 10.6 Å². The van der Waals surface area contributed by atoms with Crippen molar-refractivity contribution in [3.05, 3.63) is 42.5 Å². The van der Waals surface area contributed by atoms with Crippen LogP contribution in [0.3, 0.4) is 0 Å². The molecule has 0 saturated carbocycles. The maximum atomic E-state index is 5.68. The molecule has 0 radical (unpaired) electrons. The van der Waals surface area contributed by atoms with Crippen molar-refractivity contribution in [2.24, 2.45) is 5.73 Å². The van der Waals surface area contributed by atoms with Crippen LogP contribution >= 0.6 is 0 Å². The highest BCUT2D eigenvalue weighted by Crippen LogP contribution is 2.22. The molecule has 0 aromatic heterocycles. The van der Waals surface area contributed by atoms with E-state index < -0.39 is 0 Å². The molecule has 0 aliphatic rings. The average molecular weight is 214 g/mol. The highest BCUT2D eigenvalue weighted by atomic mass is 15.1. The molecule has 0 bridgehead atoms. The van der Waals surface area contributed by atoms with Crippen molar-refractivity contribution in [2.75, 3.05) is 18.5 Å². The summed E-state index contributed by atoms with van der Waals surface area (Å²) in [5, 5.41) is 2.55. The van der Waals surface area contributed by atoms with E-state index in [-0.39, 0.29) is 0 Å². The van der Waals surface area contributed by atoms with Crippen molar-refractivity contribution in [3.63, 3.8) is 0 Å². The molecule has 16 heavy (non-hydrogen) atoms. The third-order valence-electron chi connectivity index (χ3n) is 3.14. The summed E-state index contributed by atoms with van der Waals surface area (Å²) in [5.74, 6) is 0. The van der Waals surface area contributed by atoms with Gasteiger partial charge in [0.05, 0.1) is 0 Å². The van der Waals surface area contributed by atoms with E-state index in [1.165, 1.54) is 16.5 Å². The molecule has 2 aromatic rings. The summed E-state index contributed by atoms with van der Waals surface area (Å²) in [6.07, 6.45) is 0. The zero-order chi connectivity index (χ0) is 11.5. The van der Waals surface area contributed by atoms with Gasteiger partial charge in [0.1, 0.15) is 0 Å². The monoisotopic (exact) mass is 214 g/mol. The predicted octanol–water partition coefficient (Wildman–Crippen LogP) is 2.62. The lowest BCUT2D eigenvalue weighted by Gasteiger charge is -2.26. The summed E-state index contributed by atoms with van der Waals surface area (Å²) in [4.78, 5) is 2.21. The third-order valence-corrected chi connectivity index (χ3v) is 3.14. The molecule has 0 aliphatic heterocycles. The first-order valence-corrected chi connectivity index (χ1v) is 5.64. The highest BCUT2D eigenvalue weighted by molar-refractivity contribution is 5.85. The molecule has 2 aromatic carbocycles. The SMILES string of the molecule is CC(CN)N(C)c1ccc2ccccc2c1. The highest BCUT2D eigenvalue weighted by Gasteiger charge is 2.07. The minimum atomic E-state index is 0.362. The van der Waals surface area contributed by atoms with Gasteiger partial charge in [0.25, 0.3) is 0 Å². The van der Waals surface area contributed by atoms with E-state index in [4.69, 9.17) is 5.73 Å². The Balaban J connectivity index is 2.39. The predicted molar refractivity (Wildman–Crippen MR) is 70.9 cm³/mol. The minimum Gasteiger partial charge on any atom is -0.371 e. The number of hydrogen-bond donors (Lipinski definition) is 1. The van der Waals surface area contributed by atoms with Gasteiger partial charge in [-0.1, -0.05) is 30.3 Å². The third kappa shape index (κ3) is 2.02. The molecule has 2 rings (SSSR count). The van der Waals surface area contributed by atoms with Gasteiger partial charge in [0.15, 0.2) is 0 Å². The number of nitrogens with two attached hydrogens (primary N) is 1. The Morgan fingerprint density at radius 1 is 1.12 bits per heavy atom. The molecule has 2 nitrogen and oxygen atoms in total. The first-order valence-electron chi connectivity index (χ1n) is 5.64. The normalized spacial score (nSPS) is 12.7. The smallest absolute Gasteiger partial charge is 0.0380 e. The van der Waals surface area contributed by atoms with Crippen molar-refractivity contribution in [3.8, 4) is 0 Å². The van der Waals surface area contributed by atoms with Crippen molar-refractivity contribution < 1.29 is 0 Å². The Morgan fingerprint density at radius 2 is 1.81 bits per heavy atom. The van der Waals surface area contributed by atoms with Crippen LogP contribution in [0, 0.1) is 0 Å². The maximum Gasteiger partial charge on any atom is 0.0380 e. The summed E-state index contributed by atoms with van der Waals surface area (Å²) in [6, 6.07) is 15.3. The standard InChI is InChI=1S/C14H18N2/c1-11(10-15)16(2)14-8-7-12-5-3-4-6-13(12)9-14/h3-9,11H,10,15H2,1-2H3. The van der Waals surface area contributed by atoms with E-state index in [9.17, 15) is 0 Å². The summed E-state index contributed by atoms with van der Waals surface area (Å²) in [5.41, 5.74) is 6.90. The number of anilines is 1. The number of benzene rings is 2. The lowest BCUT2D eigenvalue weighted by Crippen LogP contribution is -2.35. The largest absolute Gasteiger partial charge is 0.371 e. The molecule has 84 valence electrons. The molecular formula is C14H18N2. The Kier molecular flexibility index (Phi) is 3.11. The molecule has 2 heteroatoms. The van der Waals surface area contributed by atoms with Crippen molar-refractivity contribution in [1.82, 2.24) is 0 Å². The number of hydrogen-bond acceptors (Lipinski definition) is 2. The second-order valence-corrected chi connectivity index (χ2v) is 4.23. The molecule has 1 atom stereocenters. The van der Waals surface area contributed by atoms with Gasteiger partial charge in [0, 0.05) is 25.3 Å². The Hall–Kier alpha value is -1.54. The van der Waals surface area contributed by atoms with Crippen LogP contribution in [0.4, 0.5) is 5.69 Å². The van der Waals surface area contributed by atoms with Crippen molar-refractivity contribution in [2.45, 2.75) is 13.0 Å². The first-order chi connectivity index (χ1) is 7.72. The zero-order valence-electron chi connectivity index (χ0n) is 9.85. The van der Waals surface area contributed by atoms with E-state index in [1.807, 2.05) is 0 Å². The second kappa shape index (κ2) is 4.54. The summed E-state index contributed by atoms with van der Waals surface area (Å²) in [7, 11) is 2.08. The minimum absolute atomic E-state index is 0.362. The van der Waals surface area contributed by atoms with Crippen LogP contribution in [-0.2, 0) is 0 Å². The summed E-state index contributed by atoms with van der Waals surface area (Å²) >= 11 is 0. The van der Waals surface area contributed by atoms with Gasteiger partial charge >= 0.3 is 0 Å². The van der Waals surface area contributed by atoms with Gasteiger partial charge in [-0.2, -0.15) is 0 Å². The first kappa shape index (κ1) is 11.0. The topological polar surface area (TPSA) is 29.3 Å². The number of rotatable bonds is 3. The molecule has 2 N–H and O–H groups in total. The van der Waals surface area contributed by atoms with Crippen LogP contribution in [0.15, 0.2) is 42.5 Å². The van der Waals surface area contributed by atoms with Crippen LogP contribution in [0.5, 0.6) is 0 Å². The van der Waals surface area contributed by atoms with Crippen LogP contribution < -0.4 is 10.6 Å². The van der Waals surface area contributed by atoms with Crippen molar-refractivity contribution in [1.29, 1.82) is 0 Å². The average Bonchev–Trinajstić information content (AvgIpc) is 2.36. The van der Waals surface area contributed by atoms with Crippen LogP contribution in [0.25, 0.3) is 10.8 Å². The Labute approximate surface area is 96.7 Å². The molecule has 0 amide bonds. The molecule has 0 fully saturated rings. The van der Waals surface area contributed by atoms with Crippen LogP contribution in [0.1, 0.15) is 6.92 Å². The Bertz CT molecular complexity index is 479. The fourth-order valence-electron chi connectivity index (χ4n) is 1.81. The Morgan fingerprint density at radius 3 is 2.50 bits per heavy atom. The molecule has 0 saturated heterocycles. The molecule has 0 spiro atoms. The van der Waals surface area contributed by atoms with E-state index >= 15 is 0 Å². The summed E-state index contributed by atoms with van der Waals surface area (Å²) < 4.78 is 0. The quantitative estimate of drug-likeness (QED) is 0.851. The lowest BCUT2D eigenvalue weighted by atomic mass is 10.1. The number of fused-ring (bicyclic) bond motifs is 1. The number of likely N-dealkylation sites (N-methyl/N-ethyl adjacent to an activating group) is 1. The lowest BCUT2D eigenvalue weighted by molar-refractivity contribution is 0.696. The van der Waals surface area contributed by atoms with Gasteiger partial charge in [-0.15, -0.1) is 0 Å². The fraction of sp³-hybridized carbons (Fsp3) is 0.286. The van der Waals surface area contributed by atoms with E-state index in [1.54, 1.807) is 0 Å². The van der Waals surface area contributed by atoms with Crippen molar-refractivity contribution >= 4 is 16.5 Å². The second-order valence-electron chi connectivity index (χ2n) is 4.23. The molecule has 0 heterocycles. The molecule has 0 aliphatic carbocycles. The van der Waals surface area contributed by atoms with Gasteiger partial charge in [-0.05, 0) is 29.8 Å². The zero-order valence-corrected chi connectivity index (χ0v) is 9.85. The van der Waals surface area contributed by atoms with E-state index in [2.05, 4.69) is 61.3 Å².